The Morgan fingerprint density at radius 3 is 3.12 bits per heavy atom. The standard InChI is InChI=1S/C16H19ClN4O3S/c1-10-4-5-11(7-13(10)17)18-14(22)9-25-16-20-19-15(23)21(16)8-12-3-2-6-24-12/h4-5,7,12H,2-3,6,8-9H2,1H3,(H,18,22)(H,19,23)/t12-/m1/s1. The van der Waals surface area contributed by atoms with Gasteiger partial charge in [-0.3, -0.25) is 9.36 Å². The number of benzene rings is 1. The van der Waals surface area contributed by atoms with Gasteiger partial charge in [-0.15, -0.1) is 5.10 Å². The van der Waals surface area contributed by atoms with E-state index in [1.54, 1.807) is 12.1 Å². The summed E-state index contributed by atoms with van der Waals surface area (Å²) in [7, 11) is 0. The molecule has 0 aliphatic carbocycles. The maximum atomic E-state index is 12.1. The fourth-order valence-corrected chi connectivity index (χ4v) is 3.50. The van der Waals surface area contributed by atoms with Gasteiger partial charge in [-0.1, -0.05) is 29.4 Å². The van der Waals surface area contributed by atoms with E-state index in [9.17, 15) is 9.59 Å². The van der Waals surface area contributed by atoms with Crippen molar-refractivity contribution in [1.82, 2.24) is 14.8 Å². The van der Waals surface area contributed by atoms with E-state index >= 15 is 0 Å². The minimum atomic E-state index is -0.288. The maximum absolute atomic E-state index is 12.1. The molecule has 1 fully saturated rings. The molecular formula is C16H19ClN4O3S. The van der Waals surface area contributed by atoms with E-state index in [-0.39, 0.29) is 23.5 Å². The minimum Gasteiger partial charge on any atom is -0.376 e. The van der Waals surface area contributed by atoms with Gasteiger partial charge in [0.15, 0.2) is 5.16 Å². The number of rotatable bonds is 6. The number of halogens is 1. The van der Waals surface area contributed by atoms with Crippen molar-refractivity contribution < 1.29 is 9.53 Å². The highest BCUT2D eigenvalue weighted by Gasteiger charge is 2.20. The summed E-state index contributed by atoms with van der Waals surface area (Å²) in [5.74, 6) is -0.0505. The molecule has 9 heteroatoms. The lowest BCUT2D eigenvalue weighted by Crippen LogP contribution is -2.25. The fourth-order valence-electron chi connectivity index (χ4n) is 2.56. The van der Waals surface area contributed by atoms with Crippen LogP contribution in [0, 0.1) is 6.92 Å². The smallest absolute Gasteiger partial charge is 0.344 e. The number of hydrogen-bond donors (Lipinski definition) is 2. The number of carbonyl (C=O) groups excluding carboxylic acids is 1. The second kappa shape index (κ2) is 8.07. The van der Waals surface area contributed by atoms with Gasteiger partial charge >= 0.3 is 5.69 Å². The molecule has 2 N–H and O–H groups in total. The molecule has 3 rings (SSSR count). The SMILES string of the molecule is Cc1ccc(NC(=O)CSc2n[nH]c(=O)n2C[C@H]2CCCO2)cc1Cl. The number of thioether (sulfide) groups is 1. The van der Waals surface area contributed by atoms with E-state index < -0.39 is 0 Å². The van der Waals surface area contributed by atoms with Crippen molar-refractivity contribution in [2.24, 2.45) is 0 Å². The number of anilines is 1. The number of hydrogen-bond acceptors (Lipinski definition) is 5. The molecule has 2 aromatic rings. The van der Waals surface area contributed by atoms with Gasteiger partial charge in [0.25, 0.3) is 0 Å². The van der Waals surface area contributed by atoms with Crippen molar-refractivity contribution in [3.63, 3.8) is 0 Å². The van der Waals surface area contributed by atoms with E-state index in [2.05, 4.69) is 15.5 Å². The van der Waals surface area contributed by atoms with Crippen LogP contribution in [0.4, 0.5) is 5.69 Å². The van der Waals surface area contributed by atoms with Crippen molar-refractivity contribution in [3.05, 3.63) is 39.3 Å². The van der Waals surface area contributed by atoms with Crippen LogP contribution < -0.4 is 11.0 Å². The van der Waals surface area contributed by atoms with Crippen LogP contribution in [0.25, 0.3) is 0 Å². The third-order valence-electron chi connectivity index (χ3n) is 3.92. The second-order valence-electron chi connectivity index (χ2n) is 5.86. The fraction of sp³-hybridized carbons (Fsp3) is 0.438. The molecule has 1 aliphatic heterocycles. The summed E-state index contributed by atoms with van der Waals surface area (Å²) in [5.41, 5.74) is 1.30. The first kappa shape index (κ1) is 18.0. The molecule has 1 atom stereocenters. The van der Waals surface area contributed by atoms with Crippen LogP contribution in [0.15, 0.2) is 28.2 Å². The Kier molecular flexibility index (Phi) is 5.82. The van der Waals surface area contributed by atoms with Gasteiger partial charge < -0.3 is 10.1 Å². The van der Waals surface area contributed by atoms with Gasteiger partial charge in [-0.2, -0.15) is 0 Å². The number of nitrogens with one attached hydrogen (secondary N) is 2. The van der Waals surface area contributed by atoms with Crippen LogP contribution in [0.1, 0.15) is 18.4 Å². The lowest BCUT2D eigenvalue weighted by atomic mass is 10.2. The Balaban J connectivity index is 1.58. The molecule has 1 saturated heterocycles. The topological polar surface area (TPSA) is 89.0 Å². The van der Waals surface area contributed by atoms with Crippen molar-refractivity contribution in [1.29, 1.82) is 0 Å². The zero-order valence-corrected chi connectivity index (χ0v) is 15.3. The molecule has 7 nitrogen and oxygen atoms in total. The second-order valence-corrected chi connectivity index (χ2v) is 7.21. The normalized spacial score (nSPS) is 17.0. The molecule has 1 aliphatic rings. The van der Waals surface area contributed by atoms with Crippen LogP contribution in [0.3, 0.4) is 0 Å². The first-order valence-electron chi connectivity index (χ1n) is 7.98. The quantitative estimate of drug-likeness (QED) is 0.749. The number of aromatic nitrogens is 3. The number of nitrogens with zero attached hydrogens (tertiary/aromatic N) is 2. The highest BCUT2D eigenvalue weighted by molar-refractivity contribution is 7.99. The third kappa shape index (κ3) is 4.65. The summed E-state index contributed by atoms with van der Waals surface area (Å²) in [6.45, 7) is 3.07. The molecule has 134 valence electrons. The van der Waals surface area contributed by atoms with Crippen molar-refractivity contribution >= 4 is 35.0 Å². The number of carbonyl (C=O) groups is 1. The molecule has 0 bridgehead atoms. The molecule has 0 spiro atoms. The summed E-state index contributed by atoms with van der Waals surface area (Å²) >= 11 is 7.26. The number of H-pyrrole nitrogens is 1. The van der Waals surface area contributed by atoms with Gasteiger partial charge in [-0.05, 0) is 37.5 Å². The van der Waals surface area contributed by atoms with Crippen molar-refractivity contribution in [2.45, 2.75) is 37.6 Å². The Morgan fingerprint density at radius 2 is 2.40 bits per heavy atom. The molecule has 0 saturated carbocycles. The largest absolute Gasteiger partial charge is 0.376 e. The molecule has 0 unspecified atom stereocenters. The Morgan fingerprint density at radius 1 is 1.56 bits per heavy atom. The summed E-state index contributed by atoms with van der Waals surface area (Å²) < 4.78 is 7.08. The number of amides is 1. The lowest BCUT2D eigenvalue weighted by molar-refractivity contribution is -0.113. The molecule has 2 heterocycles. The highest BCUT2D eigenvalue weighted by Crippen LogP contribution is 2.21. The average molecular weight is 383 g/mol. The average Bonchev–Trinajstić information content (AvgIpc) is 3.21. The summed E-state index contributed by atoms with van der Waals surface area (Å²) in [4.78, 5) is 24.0. The first-order chi connectivity index (χ1) is 12.0. The summed E-state index contributed by atoms with van der Waals surface area (Å²) in [5, 5.41) is 10.3. The van der Waals surface area contributed by atoms with Gasteiger partial charge in [0.05, 0.1) is 18.4 Å². The predicted molar refractivity (Wildman–Crippen MR) is 97.4 cm³/mol. The Labute approximate surface area is 154 Å². The van der Waals surface area contributed by atoms with Crippen molar-refractivity contribution in [2.75, 3.05) is 17.7 Å². The summed E-state index contributed by atoms with van der Waals surface area (Å²) in [6, 6.07) is 5.35. The number of ether oxygens (including phenoxy) is 1. The highest BCUT2D eigenvalue weighted by atomic mass is 35.5. The monoisotopic (exact) mass is 382 g/mol. The third-order valence-corrected chi connectivity index (χ3v) is 5.30. The Bertz CT molecular complexity index is 814. The zero-order valence-electron chi connectivity index (χ0n) is 13.8. The van der Waals surface area contributed by atoms with Gasteiger partial charge in [0, 0.05) is 17.3 Å². The van der Waals surface area contributed by atoms with Crippen molar-refractivity contribution in [3.8, 4) is 0 Å². The minimum absolute atomic E-state index is 0.0261. The predicted octanol–water partition coefficient (Wildman–Crippen LogP) is 2.44. The van der Waals surface area contributed by atoms with E-state index in [1.807, 2.05) is 13.0 Å². The van der Waals surface area contributed by atoms with E-state index in [4.69, 9.17) is 16.3 Å². The van der Waals surface area contributed by atoms with Crippen LogP contribution >= 0.6 is 23.4 Å². The van der Waals surface area contributed by atoms with E-state index in [0.29, 0.717) is 22.4 Å². The Hall–Kier alpha value is -1.77. The van der Waals surface area contributed by atoms with Gasteiger partial charge in [0.2, 0.25) is 5.91 Å². The van der Waals surface area contributed by atoms with Crippen LogP contribution in [-0.2, 0) is 16.1 Å². The molecule has 1 aromatic heterocycles. The molecule has 0 radical (unpaired) electrons. The van der Waals surface area contributed by atoms with E-state index in [1.165, 1.54) is 16.3 Å². The summed E-state index contributed by atoms with van der Waals surface area (Å²) in [6.07, 6.45) is 1.95. The van der Waals surface area contributed by atoms with E-state index in [0.717, 1.165) is 25.0 Å². The first-order valence-corrected chi connectivity index (χ1v) is 9.35. The van der Waals surface area contributed by atoms with Crippen LogP contribution in [-0.4, -0.2) is 39.1 Å². The molecule has 1 aromatic carbocycles. The lowest BCUT2D eigenvalue weighted by Gasteiger charge is -2.11. The maximum Gasteiger partial charge on any atom is 0.344 e. The molecule has 25 heavy (non-hydrogen) atoms. The van der Waals surface area contributed by atoms with Crippen LogP contribution in [0.5, 0.6) is 0 Å². The van der Waals surface area contributed by atoms with Gasteiger partial charge in [0.1, 0.15) is 0 Å². The number of aryl methyl sites for hydroxylation is 1. The number of aromatic amines is 1. The molecular weight excluding hydrogens is 364 g/mol. The van der Waals surface area contributed by atoms with Crippen LogP contribution in [0.2, 0.25) is 5.02 Å². The zero-order chi connectivity index (χ0) is 17.8. The molecule has 1 amide bonds. The van der Waals surface area contributed by atoms with Gasteiger partial charge in [-0.25, -0.2) is 9.89 Å².